The van der Waals surface area contributed by atoms with E-state index >= 15 is 0 Å². The molecule has 0 unspecified atom stereocenters. The van der Waals surface area contributed by atoms with Crippen LogP contribution in [0.25, 0.3) is 11.1 Å². The van der Waals surface area contributed by atoms with Crippen LogP contribution in [0.4, 0.5) is 4.79 Å². The molecule has 9 heteroatoms. The average molecular weight is 573 g/mol. The number of piperidine rings is 1. The third kappa shape index (κ3) is 6.03. The predicted molar refractivity (Wildman–Crippen MR) is 156 cm³/mol. The first-order valence-electron chi connectivity index (χ1n) is 14.2. The van der Waals surface area contributed by atoms with Gasteiger partial charge in [0, 0.05) is 39.0 Å². The van der Waals surface area contributed by atoms with Crippen LogP contribution < -0.4 is 5.32 Å². The van der Waals surface area contributed by atoms with Gasteiger partial charge >= 0.3 is 12.1 Å². The number of hydrogen-bond acceptors (Lipinski definition) is 6. The van der Waals surface area contributed by atoms with E-state index in [9.17, 15) is 19.5 Å². The maximum atomic E-state index is 13.7. The Kier molecular flexibility index (Phi) is 8.89. The van der Waals surface area contributed by atoms with Gasteiger partial charge in [0.05, 0.1) is 12.7 Å². The number of methoxy groups -OCH3 is 1. The number of amides is 2. The van der Waals surface area contributed by atoms with Crippen molar-refractivity contribution >= 4 is 18.0 Å². The Labute approximate surface area is 245 Å². The minimum absolute atomic E-state index is 0.110. The van der Waals surface area contributed by atoms with E-state index in [4.69, 9.17) is 14.2 Å². The second-order valence-electron chi connectivity index (χ2n) is 10.8. The Morgan fingerprint density at radius 1 is 0.929 bits per heavy atom. The minimum atomic E-state index is -1.33. The van der Waals surface area contributed by atoms with Gasteiger partial charge in [0.25, 0.3) is 0 Å². The SMILES string of the molecule is COC1(C(=O)O)CCN(C(=O)[C@H](NC(=O)OCC2c3ccccc3-c3ccccc32)[C@H](C)OCc2ccccc2)CC1. The largest absolute Gasteiger partial charge is 0.479 e. The molecule has 2 N–H and O–H groups in total. The van der Waals surface area contributed by atoms with Crippen molar-refractivity contribution < 1.29 is 33.7 Å². The molecule has 220 valence electrons. The molecule has 0 radical (unpaired) electrons. The zero-order valence-corrected chi connectivity index (χ0v) is 23.8. The summed E-state index contributed by atoms with van der Waals surface area (Å²) in [6, 6.07) is 24.7. The van der Waals surface area contributed by atoms with Gasteiger partial charge in [-0.25, -0.2) is 9.59 Å². The Bertz CT molecular complexity index is 1370. The molecule has 2 aliphatic rings. The van der Waals surface area contributed by atoms with E-state index < -0.39 is 29.8 Å². The van der Waals surface area contributed by atoms with E-state index in [2.05, 4.69) is 17.4 Å². The van der Waals surface area contributed by atoms with Crippen molar-refractivity contribution in [3.05, 3.63) is 95.6 Å². The van der Waals surface area contributed by atoms with Gasteiger partial charge in [-0.15, -0.1) is 0 Å². The lowest BCUT2D eigenvalue weighted by Gasteiger charge is -2.39. The molecular formula is C33H36N2O7. The van der Waals surface area contributed by atoms with Crippen LogP contribution in [0.1, 0.15) is 42.4 Å². The lowest BCUT2D eigenvalue weighted by atomic mass is 9.90. The Morgan fingerprint density at radius 3 is 2.07 bits per heavy atom. The molecule has 1 saturated heterocycles. The summed E-state index contributed by atoms with van der Waals surface area (Å²) in [4.78, 5) is 40.3. The summed E-state index contributed by atoms with van der Waals surface area (Å²) in [5.74, 6) is -1.53. The van der Waals surface area contributed by atoms with Crippen LogP contribution in [0.3, 0.4) is 0 Å². The van der Waals surface area contributed by atoms with Gasteiger partial charge in [0.2, 0.25) is 5.91 Å². The number of carboxylic acids is 1. The molecule has 0 bridgehead atoms. The van der Waals surface area contributed by atoms with Crippen molar-refractivity contribution in [3.63, 3.8) is 0 Å². The second-order valence-corrected chi connectivity index (χ2v) is 10.8. The average Bonchev–Trinajstić information content (AvgIpc) is 3.35. The second kappa shape index (κ2) is 12.8. The van der Waals surface area contributed by atoms with Crippen LogP contribution >= 0.6 is 0 Å². The van der Waals surface area contributed by atoms with Gasteiger partial charge in [-0.1, -0.05) is 78.9 Å². The van der Waals surface area contributed by atoms with Crippen LogP contribution in [-0.4, -0.2) is 72.5 Å². The highest BCUT2D eigenvalue weighted by Crippen LogP contribution is 2.44. The lowest BCUT2D eigenvalue weighted by Crippen LogP contribution is -2.58. The van der Waals surface area contributed by atoms with E-state index in [1.165, 1.54) is 7.11 Å². The molecule has 9 nitrogen and oxygen atoms in total. The molecule has 5 rings (SSSR count). The molecule has 2 atom stereocenters. The van der Waals surface area contributed by atoms with Gasteiger partial charge in [0.15, 0.2) is 5.60 Å². The van der Waals surface area contributed by atoms with Gasteiger partial charge in [-0.3, -0.25) is 4.79 Å². The highest BCUT2D eigenvalue weighted by Gasteiger charge is 2.44. The zero-order chi connectivity index (χ0) is 29.7. The first-order valence-corrected chi connectivity index (χ1v) is 14.2. The summed E-state index contributed by atoms with van der Waals surface area (Å²) >= 11 is 0. The highest BCUT2D eigenvalue weighted by atomic mass is 16.6. The number of hydrogen-bond donors (Lipinski definition) is 2. The first kappa shape index (κ1) is 29.3. The van der Waals surface area contributed by atoms with Crippen LogP contribution in [0, 0.1) is 0 Å². The predicted octanol–water partition coefficient (Wildman–Crippen LogP) is 4.59. The standard InChI is InChI=1S/C33H36N2O7/c1-22(41-20-23-10-4-3-5-11-23)29(30(36)35-18-16-33(40-2,17-19-35)31(37)38)34-32(39)42-21-28-26-14-8-6-12-24(26)25-13-7-9-15-27(25)28/h3-15,22,28-29H,16-21H2,1-2H3,(H,34,39)(H,37,38)/t22-,29+/m0/s1. The van der Waals surface area contributed by atoms with Gasteiger partial charge in [-0.2, -0.15) is 0 Å². The Morgan fingerprint density at radius 2 is 1.50 bits per heavy atom. The monoisotopic (exact) mass is 572 g/mol. The molecule has 0 spiro atoms. The normalized spacial score (nSPS) is 17.0. The number of aliphatic carboxylic acids is 1. The topological polar surface area (TPSA) is 114 Å². The highest BCUT2D eigenvalue weighted by molar-refractivity contribution is 5.87. The fourth-order valence-corrected chi connectivity index (χ4v) is 5.84. The number of benzene rings is 3. The Balaban J connectivity index is 1.28. The fraction of sp³-hybridized carbons (Fsp3) is 0.364. The molecule has 42 heavy (non-hydrogen) atoms. The maximum absolute atomic E-state index is 13.7. The molecule has 1 heterocycles. The molecule has 1 fully saturated rings. The first-order chi connectivity index (χ1) is 20.3. The van der Waals surface area contributed by atoms with Crippen LogP contribution in [-0.2, 0) is 30.4 Å². The van der Waals surface area contributed by atoms with Gasteiger partial charge < -0.3 is 29.5 Å². The van der Waals surface area contributed by atoms with Gasteiger partial charge in [-0.05, 0) is 34.7 Å². The number of ether oxygens (including phenoxy) is 3. The van der Waals surface area contributed by atoms with Crippen molar-refractivity contribution in [2.45, 2.75) is 50.0 Å². The van der Waals surface area contributed by atoms with E-state index in [1.807, 2.05) is 66.7 Å². The van der Waals surface area contributed by atoms with Crippen molar-refractivity contribution in [3.8, 4) is 11.1 Å². The summed E-state index contributed by atoms with van der Waals surface area (Å²) in [6.45, 7) is 2.44. The van der Waals surface area contributed by atoms with Crippen molar-refractivity contribution in [1.82, 2.24) is 10.2 Å². The number of likely N-dealkylation sites (tertiary alicyclic amines) is 1. The smallest absolute Gasteiger partial charge is 0.407 e. The number of alkyl carbamates (subject to hydrolysis) is 1. The zero-order valence-electron chi connectivity index (χ0n) is 23.8. The molecule has 2 amide bonds. The summed E-state index contributed by atoms with van der Waals surface area (Å²) in [5.41, 5.74) is 4.02. The van der Waals surface area contributed by atoms with Crippen molar-refractivity contribution in [2.24, 2.45) is 0 Å². The number of carbonyl (C=O) groups is 3. The molecule has 1 aliphatic heterocycles. The number of rotatable bonds is 10. The van der Waals surface area contributed by atoms with Crippen LogP contribution in [0.2, 0.25) is 0 Å². The third-order valence-electron chi connectivity index (χ3n) is 8.37. The summed E-state index contributed by atoms with van der Waals surface area (Å²) < 4.78 is 17.1. The van der Waals surface area contributed by atoms with E-state index in [1.54, 1.807) is 11.8 Å². The van der Waals surface area contributed by atoms with Gasteiger partial charge in [0.1, 0.15) is 12.6 Å². The lowest BCUT2D eigenvalue weighted by molar-refractivity contribution is -0.170. The minimum Gasteiger partial charge on any atom is -0.479 e. The molecule has 3 aromatic rings. The summed E-state index contributed by atoms with van der Waals surface area (Å²) in [5, 5.41) is 12.4. The fourth-order valence-electron chi connectivity index (χ4n) is 5.84. The number of carboxylic acid groups (broad SMARTS) is 1. The molecule has 0 saturated carbocycles. The molecule has 1 aliphatic carbocycles. The summed E-state index contributed by atoms with van der Waals surface area (Å²) in [6.07, 6.45) is -1.13. The molecular weight excluding hydrogens is 536 g/mol. The quantitative estimate of drug-likeness (QED) is 0.365. The van der Waals surface area contributed by atoms with Crippen LogP contribution in [0.5, 0.6) is 0 Å². The third-order valence-corrected chi connectivity index (χ3v) is 8.37. The van der Waals surface area contributed by atoms with E-state index in [-0.39, 0.29) is 51.0 Å². The number of nitrogens with one attached hydrogen (secondary N) is 1. The van der Waals surface area contributed by atoms with Crippen molar-refractivity contribution in [1.29, 1.82) is 0 Å². The van der Waals surface area contributed by atoms with Crippen LogP contribution in [0.15, 0.2) is 78.9 Å². The molecule has 3 aromatic carbocycles. The number of carbonyl (C=O) groups excluding carboxylic acids is 2. The van der Waals surface area contributed by atoms with E-state index in [0.29, 0.717) is 0 Å². The number of fused-ring (bicyclic) bond motifs is 3. The number of nitrogens with zero attached hydrogens (tertiary/aromatic N) is 1. The Hall–Kier alpha value is -4.21. The molecule has 0 aromatic heterocycles. The van der Waals surface area contributed by atoms with E-state index in [0.717, 1.165) is 27.8 Å². The maximum Gasteiger partial charge on any atom is 0.407 e. The summed E-state index contributed by atoms with van der Waals surface area (Å²) in [7, 11) is 1.37. The van der Waals surface area contributed by atoms with Crippen molar-refractivity contribution in [2.75, 3.05) is 26.8 Å².